The molecule has 1 aliphatic rings. The summed E-state index contributed by atoms with van der Waals surface area (Å²) in [5, 5.41) is 2.84. The normalized spacial score (nSPS) is 12.5. The van der Waals surface area contributed by atoms with Gasteiger partial charge in [0.2, 0.25) is 0 Å². The Labute approximate surface area is 101 Å². The van der Waals surface area contributed by atoms with Crippen molar-refractivity contribution in [3.8, 4) is 11.8 Å². The van der Waals surface area contributed by atoms with Gasteiger partial charge in [-0.15, -0.1) is 11.8 Å². The molecule has 0 unspecified atom stereocenters. The average Bonchev–Trinajstić information content (AvgIpc) is 2.81. The minimum Gasteiger partial charge on any atom is -0.372 e. The van der Waals surface area contributed by atoms with E-state index in [9.17, 15) is 4.79 Å². The smallest absolute Gasteiger partial charge is 0.251 e. The second-order valence-electron chi connectivity index (χ2n) is 3.91. The van der Waals surface area contributed by atoms with E-state index < -0.39 is 0 Å². The third-order valence-electron chi connectivity index (χ3n) is 2.70. The van der Waals surface area contributed by atoms with Crippen LogP contribution in [-0.2, 0) is 18.0 Å². The number of carbonyl (C=O) groups is 1. The fourth-order valence-electron chi connectivity index (χ4n) is 1.78. The Hall–Kier alpha value is -1.79. The lowest BCUT2D eigenvalue weighted by Crippen LogP contribution is -2.24. The molecule has 88 valence electrons. The maximum Gasteiger partial charge on any atom is 0.251 e. The molecule has 3 heteroatoms. The highest BCUT2D eigenvalue weighted by atomic mass is 16.5. The van der Waals surface area contributed by atoms with E-state index in [2.05, 4.69) is 17.2 Å². The Balaban J connectivity index is 1.96. The first-order chi connectivity index (χ1) is 8.31. The molecule has 0 bridgehead atoms. The van der Waals surface area contributed by atoms with E-state index in [0.29, 0.717) is 31.7 Å². The Kier molecular flexibility index (Phi) is 3.79. The molecule has 3 nitrogen and oxygen atoms in total. The van der Waals surface area contributed by atoms with E-state index in [1.807, 2.05) is 18.2 Å². The molecule has 1 aromatic rings. The maximum atomic E-state index is 11.8. The average molecular weight is 229 g/mol. The predicted octanol–water partition coefficient (Wildman–Crippen LogP) is 1.86. The Morgan fingerprint density at radius 1 is 1.41 bits per heavy atom. The number of hydrogen-bond donors (Lipinski definition) is 1. The zero-order chi connectivity index (χ0) is 12.1. The summed E-state index contributed by atoms with van der Waals surface area (Å²) < 4.78 is 5.31. The van der Waals surface area contributed by atoms with Gasteiger partial charge in [-0.2, -0.15) is 0 Å². The van der Waals surface area contributed by atoms with Crippen LogP contribution < -0.4 is 5.32 Å². The van der Waals surface area contributed by atoms with Crippen molar-refractivity contribution < 1.29 is 9.53 Å². The number of carbonyl (C=O) groups excluding carboxylic acids is 1. The van der Waals surface area contributed by atoms with E-state index in [1.54, 1.807) is 6.92 Å². The molecule has 0 radical (unpaired) electrons. The highest BCUT2D eigenvalue weighted by molar-refractivity contribution is 5.94. The number of hydrogen-bond acceptors (Lipinski definition) is 2. The summed E-state index contributed by atoms with van der Waals surface area (Å²) in [7, 11) is 0. The van der Waals surface area contributed by atoms with Crippen LogP contribution in [0.1, 0.15) is 34.8 Å². The van der Waals surface area contributed by atoms with Crippen molar-refractivity contribution in [3.05, 3.63) is 34.9 Å². The van der Waals surface area contributed by atoms with Crippen LogP contribution in [0.15, 0.2) is 18.2 Å². The number of ether oxygens (including phenoxy) is 1. The standard InChI is InChI=1S/C14H15NO2/c1-2-3-4-7-15-14(16)11-5-6-12-9-17-10-13(12)8-11/h5-6,8H,4,7,9-10H2,1H3,(H,15,16). The second kappa shape index (κ2) is 5.51. The van der Waals surface area contributed by atoms with Crippen LogP contribution in [0.3, 0.4) is 0 Å². The number of amides is 1. The first kappa shape index (κ1) is 11.7. The molecule has 17 heavy (non-hydrogen) atoms. The summed E-state index contributed by atoms with van der Waals surface area (Å²) in [6, 6.07) is 5.71. The van der Waals surface area contributed by atoms with Crippen molar-refractivity contribution in [1.29, 1.82) is 0 Å². The van der Waals surface area contributed by atoms with Gasteiger partial charge in [0.05, 0.1) is 13.2 Å². The van der Waals surface area contributed by atoms with Crippen LogP contribution in [-0.4, -0.2) is 12.5 Å². The molecule has 0 atom stereocenters. The van der Waals surface area contributed by atoms with Crippen molar-refractivity contribution in [2.24, 2.45) is 0 Å². The summed E-state index contributed by atoms with van der Waals surface area (Å²) in [6.07, 6.45) is 0.691. The largest absolute Gasteiger partial charge is 0.372 e. The Bertz CT molecular complexity index is 483. The van der Waals surface area contributed by atoms with Gasteiger partial charge in [0.25, 0.3) is 5.91 Å². The number of rotatable bonds is 3. The fourth-order valence-corrected chi connectivity index (χ4v) is 1.78. The van der Waals surface area contributed by atoms with Crippen LogP contribution in [0.25, 0.3) is 0 Å². The van der Waals surface area contributed by atoms with Gasteiger partial charge in [0.15, 0.2) is 0 Å². The minimum atomic E-state index is -0.0439. The predicted molar refractivity (Wildman–Crippen MR) is 65.3 cm³/mol. The van der Waals surface area contributed by atoms with Crippen LogP contribution in [0.2, 0.25) is 0 Å². The monoisotopic (exact) mass is 229 g/mol. The third kappa shape index (κ3) is 2.86. The van der Waals surface area contributed by atoms with Gasteiger partial charge in [-0.25, -0.2) is 0 Å². The SMILES string of the molecule is CC#CCCNC(=O)c1ccc2c(c1)COC2. The lowest BCUT2D eigenvalue weighted by molar-refractivity contribution is 0.0954. The van der Waals surface area contributed by atoms with E-state index in [-0.39, 0.29) is 5.91 Å². The van der Waals surface area contributed by atoms with Crippen LogP contribution in [0.4, 0.5) is 0 Å². The van der Waals surface area contributed by atoms with Crippen LogP contribution in [0, 0.1) is 11.8 Å². The van der Waals surface area contributed by atoms with Crippen LogP contribution in [0.5, 0.6) is 0 Å². The highest BCUT2D eigenvalue weighted by Crippen LogP contribution is 2.20. The summed E-state index contributed by atoms with van der Waals surface area (Å²) in [4.78, 5) is 11.8. The summed E-state index contributed by atoms with van der Waals surface area (Å²) in [6.45, 7) is 3.65. The molecule has 1 heterocycles. The van der Waals surface area contributed by atoms with Gasteiger partial charge < -0.3 is 10.1 Å². The van der Waals surface area contributed by atoms with Gasteiger partial charge in [-0.05, 0) is 30.2 Å². The van der Waals surface area contributed by atoms with Gasteiger partial charge in [-0.3, -0.25) is 4.79 Å². The molecule has 1 aromatic carbocycles. The second-order valence-corrected chi connectivity index (χ2v) is 3.91. The van der Waals surface area contributed by atoms with Crippen molar-refractivity contribution in [1.82, 2.24) is 5.32 Å². The first-order valence-corrected chi connectivity index (χ1v) is 5.68. The molecule has 1 N–H and O–H groups in total. The zero-order valence-corrected chi connectivity index (χ0v) is 9.88. The minimum absolute atomic E-state index is 0.0439. The summed E-state index contributed by atoms with van der Waals surface area (Å²) in [5.41, 5.74) is 2.99. The summed E-state index contributed by atoms with van der Waals surface area (Å²) >= 11 is 0. The van der Waals surface area contributed by atoms with Crippen LogP contribution >= 0.6 is 0 Å². The molecule has 0 saturated heterocycles. The lowest BCUT2D eigenvalue weighted by Gasteiger charge is -2.04. The Morgan fingerprint density at radius 3 is 3.06 bits per heavy atom. The van der Waals surface area contributed by atoms with Gasteiger partial charge >= 0.3 is 0 Å². The van der Waals surface area contributed by atoms with E-state index in [0.717, 1.165) is 5.56 Å². The molecule has 2 rings (SSSR count). The molecule has 0 saturated carbocycles. The quantitative estimate of drug-likeness (QED) is 0.634. The van der Waals surface area contributed by atoms with E-state index in [4.69, 9.17) is 4.74 Å². The maximum absolute atomic E-state index is 11.8. The van der Waals surface area contributed by atoms with E-state index >= 15 is 0 Å². The summed E-state index contributed by atoms with van der Waals surface area (Å²) in [5.74, 6) is 5.67. The molecule has 1 aliphatic heterocycles. The number of benzene rings is 1. The number of fused-ring (bicyclic) bond motifs is 1. The van der Waals surface area contributed by atoms with Crippen molar-refractivity contribution in [3.63, 3.8) is 0 Å². The molecule has 0 aromatic heterocycles. The van der Waals surface area contributed by atoms with Gasteiger partial charge in [0, 0.05) is 18.5 Å². The molecule has 0 aliphatic carbocycles. The highest BCUT2D eigenvalue weighted by Gasteiger charge is 2.13. The zero-order valence-electron chi connectivity index (χ0n) is 9.88. The molecular weight excluding hydrogens is 214 g/mol. The van der Waals surface area contributed by atoms with E-state index in [1.165, 1.54) is 5.56 Å². The first-order valence-electron chi connectivity index (χ1n) is 5.68. The topological polar surface area (TPSA) is 38.3 Å². The van der Waals surface area contributed by atoms with Gasteiger partial charge in [-0.1, -0.05) is 6.07 Å². The molecule has 0 spiro atoms. The Morgan fingerprint density at radius 2 is 2.24 bits per heavy atom. The third-order valence-corrected chi connectivity index (χ3v) is 2.70. The van der Waals surface area contributed by atoms with Crippen molar-refractivity contribution in [2.45, 2.75) is 26.6 Å². The molecule has 0 fully saturated rings. The van der Waals surface area contributed by atoms with Crippen molar-refractivity contribution in [2.75, 3.05) is 6.54 Å². The lowest BCUT2D eigenvalue weighted by atomic mass is 10.1. The molecule has 1 amide bonds. The van der Waals surface area contributed by atoms with Crippen molar-refractivity contribution >= 4 is 5.91 Å². The fraction of sp³-hybridized carbons (Fsp3) is 0.357. The molecular formula is C14H15NO2. The number of nitrogens with one attached hydrogen (secondary N) is 1. The van der Waals surface area contributed by atoms with Gasteiger partial charge in [0.1, 0.15) is 0 Å².